The van der Waals surface area contributed by atoms with Gasteiger partial charge in [0.15, 0.2) is 5.82 Å². The zero-order chi connectivity index (χ0) is 14.2. The Balaban J connectivity index is 1.74. The average Bonchev–Trinajstić information content (AvgIpc) is 3.10. The zero-order valence-corrected chi connectivity index (χ0v) is 13.8. The number of hydrogen-bond donors (Lipinski definition) is 0. The summed E-state index contributed by atoms with van der Waals surface area (Å²) in [4.78, 5) is 27.0. The first kappa shape index (κ1) is 13.0. The molecule has 7 heteroatoms. The van der Waals surface area contributed by atoms with Gasteiger partial charge in [-0.3, -0.25) is 9.59 Å². The summed E-state index contributed by atoms with van der Waals surface area (Å²) >= 11 is 7.32. The molecule has 6 atom stereocenters. The van der Waals surface area contributed by atoms with Gasteiger partial charge in [0.1, 0.15) is 5.76 Å². The fourth-order valence-electron chi connectivity index (χ4n) is 4.03. The minimum absolute atomic E-state index is 0.121. The van der Waals surface area contributed by atoms with Crippen LogP contribution in [0.2, 0.25) is 0 Å². The van der Waals surface area contributed by atoms with Crippen molar-refractivity contribution in [3.05, 3.63) is 11.8 Å². The molecule has 20 heavy (non-hydrogen) atoms. The van der Waals surface area contributed by atoms with E-state index in [1.807, 2.05) is 0 Å². The number of halogens is 2. The highest BCUT2D eigenvalue weighted by molar-refractivity contribution is 9.12. The highest BCUT2D eigenvalue weighted by Crippen LogP contribution is 2.60. The van der Waals surface area contributed by atoms with E-state index < -0.39 is 0 Å². The number of imide groups is 1. The largest absolute Gasteiger partial charge is 0.360 e. The van der Waals surface area contributed by atoms with Crippen LogP contribution in [-0.2, 0) is 9.59 Å². The van der Waals surface area contributed by atoms with Crippen molar-refractivity contribution >= 4 is 49.5 Å². The van der Waals surface area contributed by atoms with E-state index in [0.717, 1.165) is 6.42 Å². The van der Waals surface area contributed by atoms with E-state index in [1.54, 1.807) is 13.0 Å². The summed E-state index contributed by atoms with van der Waals surface area (Å²) in [5.74, 6) is 0.716. The maximum Gasteiger partial charge on any atom is 0.239 e. The number of alkyl halides is 2. The van der Waals surface area contributed by atoms with Gasteiger partial charge in [-0.2, -0.15) is 0 Å². The Labute approximate surface area is 132 Å². The Morgan fingerprint density at radius 1 is 1.20 bits per heavy atom. The predicted molar refractivity (Wildman–Crippen MR) is 77.7 cm³/mol. The summed E-state index contributed by atoms with van der Waals surface area (Å²) in [6.45, 7) is 1.75. The van der Waals surface area contributed by atoms with Crippen molar-refractivity contribution in [1.82, 2.24) is 5.16 Å². The van der Waals surface area contributed by atoms with Gasteiger partial charge in [0.25, 0.3) is 0 Å². The highest BCUT2D eigenvalue weighted by Gasteiger charge is 2.66. The molecule has 2 heterocycles. The highest BCUT2D eigenvalue weighted by atomic mass is 79.9. The van der Waals surface area contributed by atoms with Crippen LogP contribution < -0.4 is 4.90 Å². The van der Waals surface area contributed by atoms with Gasteiger partial charge in [0, 0.05) is 15.7 Å². The van der Waals surface area contributed by atoms with Crippen molar-refractivity contribution in [2.24, 2.45) is 23.7 Å². The average molecular weight is 404 g/mol. The summed E-state index contributed by atoms with van der Waals surface area (Å²) in [7, 11) is 0. The number of rotatable bonds is 1. The molecular weight excluding hydrogens is 392 g/mol. The number of anilines is 1. The van der Waals surface area contributed by atoms with Crippen molar-refractivity contribution in [3.63, 3.8) is 0 Å². The summed E-state index contributed by atoms with van der Waals surface area (Å²) < 4.78 is 4.99. The van der Waals surface area contributed by atoms with Gasteiger partial charge in [0.05, 0.1) is 11.8 Å². The quantitative estimate of drug-likeness (QED) is 0.533. The molecular formula is C13H12Br2N2O3. The number of aryl methyl sites for hydroxylation is 1. The summed E-state index contributed by atoms with van der Waals surface area (Å²) in [5.41, 5.74) is 0. The van der Waals surface area contributed by atoms with Crippen molar-refractivity contribution in [1.29, 1.82) is 0 Å². The first-order valence-corrected chi connectivity index (χ1v) is 8.43. The number of amides is 2. The molecule has 2 amide bonds. The first-order chi connectivity index (χ1) is 9.50. The number of carbonyl (C=O) groups excluding carboxylic acids is 2. The maximum atomic E-state index is 12.6. The normalized spacial score (nSPS) is 42.6. The molecule has 1 saturated heterocycles. The second kappa shape index (κ2) is 4.16. The first-order valence-electron chi connectivity index (χ1n) is 6.60. The molecule has 1 aromatic heterocycles. The molecule has 0 unspecified atom stereocenters. The van der Waals surface area contributed by atoms with Crippen molar-refractivity contribution < 1.29 is 14.1 Å². The Kier molecular flexibility index (Phi) is 2.71. The van der Waals surface area contributed by atoms with E-state index >= 15 is 0 Å². The fraction of sp³-hybridized carbons (Fsp3) is 0.615. The van der Waals surface area contributed by atoms with Crippen LogP contribution in [0.15, 0.2) is 10.6 Å². The summed E-state index contributed by atoms with van der Waals surface area (Å²) in [6.07, 6.45) is 0.935. The Morgan fingerprint density at radius 2 is 1.75 bits per heavy atom. The van der Waals surface area contributed by atoms with Gasteiger partial charge < -0.3 is 4.52 Å². The molecule has 0 radical (unpaired) electrons. The third-order valence-corrected chi connectivity index (χ3v) is 8.04. The van der Waals surface area contributed by atoms with E-state index in [2.05, 4.69) is 37.0 Å². The van der Waals surface area contributed by atoms with Gasteiger partial charge in [0.2, 0.25) is 11.8 Å². The molecule has 2 saturated carbocycles. The van der Waals surface area contributed by atoms with Gasteiger partial charge in [-0.25, -0.2) is 4.90 Å². The Morgan fingerprint density at radius 3 is 2.20 bits per heavy atom. The molecule has 2 bridgehead atoms. The van der Waals surface area contributed by atoms with E-state index in [1.165, 1.54) is 4.90 Å². The monoisotopic (exact) mass is 402 g/mol. The Hall–Kier alpha value is -0.690. The lowest BCUT2D eigenvalue weighted by atomic mass is 9.81. The smallest absolute Gasteiger partial charge is 0.239 e. The van der Waals surface area contributed by atoms with Gasteiger partial charge >= 0.3 is 0 Å². The summed E-state index contributed by atoms with van der Waals surface area (Å²) in [5, 5.41) is 3.82. The van der Waals surface area contributed by atoms with Crippen LogP contribution in [0, 0.1) is 30.6 Å². The summed E-state index contributed by atoms with van der Waals surface area (Å²) in [6, 6.07) is 1.63. The van der Waals surface area contributed by atoms with Crippen LogP contribution in [0.5, 0.6) is 0 Å². The van der Waals surface area contributed by atoms with Crippen LogP contribution in [0.4, 0.5) is 5.82 Å². The van der Waals surface area contributed by atoms with Crippen LogP contribution in [-0.4, -0.2) is 26.6 Å². The van der Waals surface area contributed by atoms with Crippen LogP contribution in [0.25, 0.3) is 0 Å². The number of carbonyl (C=O) groups is 2. The van der Waals surface area contributed by atoms with Crippen LogP contribution >= 0.6 is 31.9 Å². The molecule has 106 valence electrons. The third kappa shape index (κ3) is 1.45. The van der Waals surface area contributed by atoms with Gasteiger partial charge in [-0.05, 0) is 25.2 Å². The molecule has 4 rings (SSSR count). The number of fused-ring (bicyclic) bond motifs is 5. The van der Waals surface area contributed by atoms with Crippen molar-refractivity contribution in [2.75, 3.05) is 4.90 Å². The third-order valence-electron chi connectivity index (χ3n) is 4.83. The minimum Gasteiger partial charge on any atom is -0.360 e. The SMILES string of the molecule is Cc1cc(N2C(=O)[C@@H]3[C@H]4C[C@H]([C@H](Br)[C@@H]4Br)[C@@H]3C2=O)no1. The lowest BCUT2D eigenvalue weighted by Gasteiger charge is -2.28. The lowest BCUT2D eigenvalue weighted by molar-refractivity contribution is -0.123. The topological polar surface area (TPSA) is 63.4 Å². The van der Waals surface area contributed by atoms with E-state index in [0.29, 0.717) is 11.6 Å². The fourth-order valence-corrected chi connectivity index (χ4v) is 5.91. The molecule has 2 aliphatic carbocycles. The number of aromatic nitrogens is 1. The van der Waals surface area contributed by atoms with Crippen LogP contribution in [0.3, 0.4) is 0 Å². The van der Waals surface area contributed by atoms with Crippen LogP contribution in [0.1, 0.15) is 12.2 Å². The second-order valence-electron chi connectivity index (χ2n) is 5.81. The Bertz CT molecular complexity index is 585. The van der Waals surface area contributed by atoms with E-state index in [9.17, 15) is 9.59 Å². The molecule has 1 aliphatic heterocycles. The predicted octanol–water partition coefficient (Wildman–Crippen LogP) is 2.27. The van der Waals surface area contributed by atoms with Crippen molar-refractivity contribution in [2.45, 2.75) is 23.0 Å². The second-order valence-corrected chi connectivity index (χ2v) is 7.93. The van der Waals surface area contributed by atoms with Gasteiger partial charge in [-0.15, -0.1) is 0 Å². The van der Waals surface area contributed by atoms with E-state index in [-0.39, 0.29) is 45.1 Å². The van der Waals surface area contributed by atoms with Gasteiger partial charge in [-0.1, -0.05) is 37.0 Å². The molecule has 0 N–H and O–H groups in total. The van der Waals surface area contributed by atoms with Crippen molar-refractivity contribution in [3.8, 4) is 0 Å². The maximum absolute atomic E-state index is 12.6. The molecule has 3 fully saturated rings. The lowest BCUT2D eigenvalue weighted by Crippen LogP contribution is -2.37. The minimum atomic E-state index is -0.206. The standard InChI is InChI=1S/C13H12Br2N2O3/c1-4-2-7(16-20-4)17-12(18)8-5-3-6(9(8)13(17)19)11(15)10(5)14/h2,5-6,8-11H,3H2,1H3/t5-,6+,8-,9+,10-,11+. The van der Waals surface area contributed by atoms with E-state index in [4.69, 9.17) is 4.52 Å². The molecule has 0 spiro atoms. The zero-order valence-electron chi connectivity index (χ0n) is 10.6. The number of nitrogens with zero attached hydrogens (tertiary/aromatic N) is 2. The molecule has 5 nitrogen and oxygen atoms in total. The molecule has 0 aromatic carbocycles. The number of hydrogen-bond acceptors (Lipinski definition) is 4. The molecule has 1 aromatic rings. The molecule has 3 aliphatic rings.